The molecule has 0 aromatic heterocycles. The second-order valence-electron chi connectivity index (χ2n) is 8.73. The van der Waals surface area contributed by atoms with E-state index in [2.05, 4.69) is 26.0 Å². The van der Waals surface area contributed by atoms with Gasteiger partial charge >= 0.3 is 11.9 Å². The minimum Gasteiger partial charge on any atom is -0.450 e. The fraction of sp³-hybridized carbons (Fsp3) is 0.583. The number of esters is 2. The van der Waals surface area contributed by atoms with Crippen molar-refractivity contribution < 1.29 is 19.1 Å². The molecule has 2 aliphatic heterocycles. The van der Waals surface area contributed by atoms with Gasteiger partial charge in [0.05, 0.1) is 11.1 Å². The highest BCUT2D eigenvalue weighted by Gasteiger charge is 2.71. The Labute approximate surface area is 166 Å². The number of hydrogen-bond donors (Lipinski definition) is 0. The number of carbonyl (C=O) groups is 2. The van der Waals surface area contributed by atoms with E-state index in [1.807, 2.05) is 6.08 Å². The first-order chi connectivity index (χ1) is 13.6. The molecule has 4 heteroatoms. The third-order valence-corrected chi connectivity index (χ3v) is 7.38. The van der Waals surface area contributed by atoms with Gasteiger partial charge in [0, 0.05) is 17.4 Å². The summed E-state index contributed by atoms with van der Waals surface area (Å²) in [6.07, 6.45) is 13.8. The third kappa shape index (κ3) is 2.18. The Balaban J connectivity index is 1.63. The van der Waals surface area contributed by atoms with Crippen molar-refractivity contribution in [1.29, 1.82) is 0 Å². The predicted octanol–water partition coefficient (Wildman–Crippen LogP) is 4.92. The van der Waals surface area contributed by atoms with Crippen molar-refractivity contribution >= 4 is 11.9 Å². The van der Waals surface area contributed by atoms with Crippen LogP contribution in [0.1, 0.15) is 65.2 Å². The van der Waals surface area contributed by atoms with Gasteiger partial charge < -0.3 is 9.47 Å². The van der Waals surface area contributed by atoms with Crippen molar-refractivity contribution in [3.63, 3.8) is 0 Å². The first kappa shape index (κ1) is 18.0. The largest absolute Gasteiger partial charge is 0.450 e. The molecule has 1 spiro atoms. The van der Waals surface area contributed by atoms with Crippen LogP contribution in [-0.4, -0.2) is 17.5 Å². The third-order valence-electron chi connectivity index (χ3n) is 7.38. The molecular weight excluding hydrogens is 352 g/mol. The molecule has 1 fully saturated rings. The number of rotatable bonds is 4. The Kier molecular flexibility index (Phi) is 4.15. The van der Waals surface area contributed by atoms with Crippen LogP contribution in [0.2, 0.25) is 0 Å². The van der Waals surface area contributed by atoms with E-state index in [0.717, 1.165) is 79.4 Å². The summed E-state index contributed by atoms with van der Waals surface area (Å²) in [6.45, 7) is 4.32. The number of hydrogen-bond acceptors (Lipinski definition) is 4. The molecule has 0 amide bonds. The van der Waals surface area contributed by atoms with Crippen LogP contribution in [0, 0.1) is 17.8 Å². The molecule has 2 heterocycles. The Morgan fingerprint density at radius 1 is 1.18 bits per heavy atom. The highest BCUT2D eigenvalue weighted by Crippen LogP contribution is 2.68. The number of unbranched alkanes of at least 4 members (excludes halogenated alkanes) is 1. The number of ether oxygens (including phenoxy) is 2. The van der Waals surface area contributed by atoms with Gasteiger partial charge in [0.25, 0.3) is 0 Å². The lowest BCUT2D eigenvalue weighted by molar-refractivity contribution is -0.197. The summed E-state index contributed by atoms with van der Waals surface area (Å²) in [5.74, 6) is 1.04. The first-order valence-corrected chi connectivity index (χ1v) is 10.9. The Morgan fingerprint density at radius 3 is 2.82 bits per heavy atom. The molecule has 0 bridgehead atoms. The van der Waals surface area contributed by atoms with Crippen molar-refractivity contribution in [1.82, 2.24) is 0 Å². The minimum atomic E-state index is -0.613. The summed E-state index contributed by atoms with van der Waals surface area (Å²) in [5, 5.41) is 0. The molecule has 0 aromatic carbocycles. The molecule has 4 atom stereocenters. The van der Waals surface area contributed by atoms with Crippen molar-refractivity contribution in [2.75, 3.05) is 0 Å². The Morgan fingerprint density at radius 2 is 2.04 bits per heavy atom. The molecule has 5 aliphatic rings. The summed E-state index contributed by atoms with van der Waals surface area (Å²) < 4.78 is 11.9. The molecule has 5 rings (SSSR count). The minimum absolute atomic E-state index is 0.0317. The average Bonchev–Trinajstić information content (AvgIpc) is 3.19. The summed E-state index contributed by atoms with van der Waals surface area (Å²) in [7, 11) is 0. The van der Waals surface area contributed by atoms with Crippen LogP contribution >= 0.6 is 0 Å². The lowest BCUT2D eigenvalue weighted by Gasteiger charge is -2.61. The van der Waals surface area contributed by atoms with E-state index >= 15 is 0 Å². The molecule has 28 heavy (non-hydrogen) atoms. The van der Waals surface area contributed by atoms with Gasteiger partial charge in [-0.25, -0.2) is 9.59 Å². The Hall–Kier alpha value is -2.10. The van der Waals surface area contributed by atoms with Crippen LogP contribution in [0.15, 0.2) is 46.3 Å². The fourth-order valence-electron chi connectivity index (χ4n) is 6.39. The quantitative estimate of drug-likeness (QED) is 0.650. The molecular formula is C24H28O4. The first-order valence-electron chi connectivity index (χ1n) is 10.9. The van der Waals surface area contributed by atoms with E-state index < -0.39 is 5.60 Å². The lowest BCUT2D eigenvalue weighted by Crippen LogP contribution is -2.65. The van der Waals surface area contributed by atoms with Crippen molar-refractivity contribution in [2.45, 2.75) is 70.8 Å². The van der Waals surface area contributed by atoms with Gasteiger partial charge in [-0.2, -0.15) is 0 Å². The van der Waals surface area contributed by atoms with Gasteiger partial charge in [-0.15, -0.1) is 0 Å². The standard InChI is InChI=1S/C24H28O4/c1-3-5-11-19-16-13-12-14-17(8-4-2)24(21(14)20(16)23(26)27-19)18-10-7-6-9-15(18)22(25)28-24/h6,9,11,14,17,21H,3-5,7-8,10,12-13H2,1-2H3/b19-11-/t14?,17-,21?,24+/m0/s1. The molecule has 0 saturated heterocycles. The van der Waals surface area contributed by atoms with Crippen LogP contribution in [0.3, 0.4) is 0 Å². The second kappa shape index (κ2) is 6.47. The van der Waals surface area contributed by atoms with E-state index in [0.29, 0.717) is 11.8 Å². The maximum Gasteiger partial charge on any atom is 0.340 e. The molecule has 2 unspecified atom stereocenters. The van der Waals surface area contributed by atoms with Gasteiger partial charge in [0.1, 0.15) is 11.4 Å². The van der Waals surface area contributed by atoms with E-state index in [1.54, 1.807) is 0 Å². The molecule has 4 nitrogen and oxygen atoms in total. The Bertz CT molecular complexity index is 871. The van der Waals surface area contributed by atoms with E-state index in [-0.39, 0.29) is 17.9 Å². The highest BCUT2D eigenvalue weighted by molar-refractivity contribution is 5.99. The second-order valence-corrected chi connectivity index (χ2v) is 8.73. The van der Waals surface area contributed by atoms with E-state index in [4.69, 9.17) is 9.47 Å². The maximum absolute atomic E-state index is 12.9. The number of fused-ring (bicyclic) bond motifs is 4. The maximum atomic E-state index is 12.9. The molecule has 1 saturated carbocycles. The molecule has 0 aromatic rings. The highest BCUT2D eigenvalue weighted by atomic mass is 16.6. The normalized spacial score (nSPS) is 37.1. The summed E-state index contributed by atoms with van der Waals surface area (Å²) in [4.78, 5) is 25.7. The van der Waals surface area contributed by atoms with Crippen LogP contribution < -0.4 is 0 Å². The molecule has 0 radical (unpaired) electrons. The zero-order chi connectivity index (χ0) is 19.5. The fourth-order valence-corrected chi connectivity index (χ4v) is 6.39. The average molecular weight is 380 g/mol. The zero-order valence-corrected chi connectivity index (χ0v) is 16.8. The van der Waals surface area contributed by atoms with Gasteiger partial charge in [0.15, 0.2) is 0 Å². The van der Waals surface area contributed by atoms with Gasteiger partial charge in [0.2, 0.25) is 0 Å². The molecule has 148 valence electrons. The predicted molar refractivity (Wildman–Crippen MR) is 105 cm³/mol. The van der Waals surface area contributed by atoms with Crippen LogP contribution in [-0.2, 0) is 19.1 Å². The van der Waals surface area contributed by atoms with Gasteiger partial charge in [-0.1, -0.05) is 38.8 Å². The topological polar surface area (TPSA) is 52.6 Å². The molecule has 0 N–H and O–H groups in total. The van der Waals surface area contributed by atoms with Crippen molar-refractivity contribution in [3.8, 4) is 0 Å². The zero-order valence-electron chi connectivity index (χ0n) is 16.8. The summed E-state index contributed by atoms with van der Waals surface area (Å²) >= 11 is 0. The summed E-state index contributed by atoms with van der Waals surface area (Å²) in [6, 6.07) is 0. The number of allylic oxidation sites excluding steroid dienone is 3. The summed E-state index contributed by atoms with van der Waals surface area (Å²) in [5.41, 5.74) is 3.16. The van der Waals surface area contributed by atoms with Gasteiger partial charge in [-0.3, -0.25) is 0 Å². The number of cyclic esters (lactones) is 1. The van der Waals surface area contributed by atoms with Crippen LogP contribution in [0.4, 0.5) is 0 Å². The van der Waals surface area contributed by atoms with Gasteiger partial charge in [-0.05, 0) is 56.1 Å². The number of carbonyl (C=O) groups excluding carboxylic acids is 2. The lowest BCUT2D eigenvalue weighted by atomic mass is 9.44. The molecule has 3 aliphatic carbocycles. The van der Waals surface area contributed by atoms with Crippen LogP contribution in [0.25, 0.3) is 0 Å². The monoisotopic (exact) mass is 380 g/mol. The van der Waals surface area contributed by atoms with Crippen molar-refractivity contribution in [3.05, 3.63) is 46.3 Å². The van der Waals surface area contributed by atoms with E-state index in [1.165, 1.54) is 0 Å². The smallest absolute Gasteiger partial charge is 0.340 e. The van der Waals surface area contributed by atoms with Crippen molar-refractivity contribution in [2.24, 2.45) is 17.8 Å². The van der Waals surface area contributed by atoms with E-state index in [9.17, 15) is 9.59 Å². The van der Waals surface area contributed by atoms with Crippen LogP contribution in [0.5, 0.6) is 0 Å². The SMILES string of the molecule is CCC/C=C1\OC(=O)C2=C1CCC1C2[C@@]2(OC(=O)C3=C2CCC=C3)[C@H]1CCC.